The SMILES string of the molecule is C[C@@H]1CC(NCCCO)C[C@H](C)C1. The number of hydrogen-bond donors (Lipinski definition) is 2. The van der Waals surface area contributed by atoms with E-state index in [1.807, 2.05) is 0 Å². The first kappa shape index (κ1) is 11.0. The second-order valence-corrected chi connectivity index (χ2v) is 4.65. The van der Waals surface area contributed by atoms with Gasteiger partial charge in [0.05, 0.1) is 0 Å². The van der Waals surface area contributed by atoms with Crippen molar-refractivity contribution in [3.05, 3.63) is 0 Å². The maximum absolute atomic E-state index is 8.66. The predicted molar refractivity (Wildman–Crippen MR) is 55.7 cm³/mol. The zero-order valence-electron chi connectivity index (χ0n) is 8.92. The van der Waals surface area contributed by atoms with Gasteiger partial charge in [-0.15, -0.1) is 0 Å². The number of nitrogens with one attached hydrogen (secondary N) is 1. The molecular weight excluding hydrogens is 162 g/mol. The van der Waals surface area contributed by atoms with Crippen molar-refractivity contribution < 1.29 is 5.11 Å². The highest BCUT2D eigenvalue weighted by Gasteiger charge is 2.22. The number of hydrogen-bond acceptors (Lipinski definition) is 2. The van der Waals surface area contributed by atoms with Crippen LogP contribution in [0.1, 0.15) is 39.5 Å². The van der Waals surface area contributed by atoms with Gasteiger partial charge in [0.2, 0.25) is 0 Å². The smallest absolute Gasteiger partial charge is 0.0443 e. The molecule has 1 fully saturated rings. The summed E-state index contributed by atoms with van der Waals surface area (Å²) in [6.07, 6.45) is 4.91. The van der Waals surface area contributed by atoms with Gasteiger partial charge in [-0.25, -0.2) is 0 Å². The average molecular weight is 185 g/mol. The molecule has 0 bridgehead atoms. The lowest BCUT2D eigenvalue weighted by molar-refractivity contribution is 0.230. The highest BCUT2D eigenvalue weighted by molar-refractivity contribution is 4.79. The molecule has 1 aliphatic rings. The minimum atomic E-state index is 0.310. The Morgan fingerprint density at radius 1 is 1.15 bits per heavy atom. The van der Waals surface area contributed by atoms with Crippen molar-refractivity contribution >= 4 is 0 Å². The van der Waals surface area contributed by atoms with Gasteiger partial charge >= 0.3 is 0 Å². The molecule has 0 saturated heterocycles. The summed E-state index contributed by atoms with van der Waals surface area (Å²) in [7, 11) is 0. The van der Waals surface area contributed by atoms with Gasteiger partial charge < -0.3 is 10.4 Å². The average Bonchev–Trinajstić information content (AvgIpc) is 2.03. The highest BCUT2D eigenvalue weighted by Crippen LogP contribution is 2.28. The van der Waals surface area contributed by atoms with Crippen LogP contribution in [0.3, 0.4) is 0 Å². The van der Waals surface area contributed by atoms with Crippen LogP contribution in [0.2, 0.25) is 0 Å². The van der Waals surface area contributed by atoms with E-state index in [-0.39, 0.29) is 0 Å². The summed E-state index contributed by atoms with van der Waals surface area (Å²) in [5, 5.41) is 12.2. The summed E-state index contributed by atoms with van der Waals surface area (Å²) >= 11 is 0. The maximum atomic E-state index is 8.66. The van der Waals surface area contributed by atoms with Crippen LogP contribution in [-0.4, -0.2) is 24.3 Å². The molecule has 1 saturated carbocycles. The number of aliphatic hydroxyl groups is 1. The molecule has 0 amide bonds. The Balaban J connectivity index is 2.17. The summed E-state index contributed by atoms with van der Waals surface area (Å²) in [4.78, 5) is 0. The molecular formula is C11H23NO. The second-order valence-electron chi connectivity index (χ2n) is 4.65. The van der Waals surface area contributed by atoms with E-state index < -0.39 is 0 Å². The summed E-state index contributed by atoms with van der Waals surface area (Å²) in [5.41, 5.74) is 0. The molecule has 0 heterocycles. The monoisotopic (exact) mass is 185 g/mol. The first-order chi connectivity index (χ1) is 6.22. The Kier molecular flexibility index (Phi) is 4.74. The van der Waals surface area contributed by atoms with Crippen LogP contribution in [0, 0.1) is 11.8 Å². The normalized spacial score (nSPS) is 34.8. The van der Waals surface area contributed by atoms with Crippen molar-refractivity contribution in [2.24, 2.45) is 11.8 Å². The Bertz CT molecular complexity index is 128. The molecule has 1 unspecified atom stereocenters. The zero-order chi connectivity index (χ0) is 9.68. The fourth-order valence-corrected chi connectivity index (χ4v) is 2.50. The van der Waals surface area contributed by atoms with Gasteiger partial charge in [-0.2, -0.15) is 0 Å². The largest absolute Gasteiger partial charge is 0.396 e. The second kappa shape index (κ2) is 5.61. The number of aliphatic hydroxyl groups excluding tert-OH is 1. The molecule has 0 radical (unpaired) electrons. The summed E-state index contributed by atoms with van der Waals surface area (Å²) in [6, 6.07) is 0.699. The molecule has 2 nitrogen and oxygen atoms in total. The Morgan fingerprint density at radius 2 is 1.77 bits per heavy atom. The van der Waals surface area contributed by atoms with Gasteiger partial charge in [-0.1, -0.05) is 13.8 Å². The van der Waals surface area contributed by atoms with E-state index >= 15 is 0 Å². The fourth-order valence-electron chi connectivity index (χ4n) is 2.50. The van der Waals surface area contributed by atoms with E-state index in [1.54, 1.807) is 0 Å². The standard InChI is InChI=1S/C11H23NO/c1-9-6-10(2)8-11(7-9)12-4-3-5-13/h9-13H,3-8H2,1-2H3/t9-,10+,11?. The lowest BCUT2D eigenvalue weighted by Crippen LogP contribution is -2.37. The van der Waals surface area contributed by atoms with Gasteiger partial charge in [-0.3, -0.25) is 0 Å². The molecule has 78 valence electrons. The van der Waals surface area contributed by atoms with Gasteiger partial charge in [0, 0.05) is 12.6 Å². The molecule has 2 N–H and O–H groups in total. The quantitative estimate of drug-likeness (QED) is 0.654. The van der Waals surface area contributed by atoms with Gasteiger partial charge in [0.15, 0.2) is 0 Å². The van der Waals surface area contributed by atoms with E-state index in [0.29, 0.717) is 12.6 Å². The van der Waals surface area contributed by atoms with Crippen LogP contribution >= 0.6 is 0 Å². The molecule has 0 aromatic carbocycles. The fraction of sp³-hybridized carbons (Fsp3) is 1.00. The van der Waals surface area contributed by atoms with Crippen LogP contribution in [0.15, 0.2) is 0 Å². The molecule has 1 aliphatic carbocycles. The van der Waals surface area contributed by atoms with Crippen LogP contribution in [0.25, 0.3) is 0 Å². The predicted octanol–water partition coefficient (Wildman–Crippen LogP) is 1.78. The third-order valence-electron chi connectivity index (χ3n) is 2.95. The molecule has 1 rings (SSSR count). The first-order valence-electron chi connectivity index (χ1n) is 5.56. The molecule has 0 spiro atoms. The summed E-state index contributed by atoms with van der Waals surface area (Å²) in [6.45, 7) is 5.97. The van der Waals surface area contributed by atoms with E-state index in [4.69, 9.17) is 5.11 Å². The van der Waals surface area contributed by atoms with Gasteiger partial charge in [0.1, 0.15) is 0 Å². The number of rotatable bonds is 4. The molecule has 3 atom stereocenters. The lowest BCUT2D eigenvalue weighted by Gasteiger charge is -2.32. The van der Waals surface area contributed by atoms with Crippen LogP contribution in [-0.2, 0) is 0 Å². The van der Waals surface area contributed by atoms with Gasteiger partial charge in [0.25, 0.3) is 0 Å². The molecule has 0 aromatic heterocycles. The molecule has 2 heteroatoms. The van der Waals surface area contributed by atoms with Crippen LogP contribution in [0.4, 0.5) is 0 Å². The third-order valence-corrected chi connectivity index (χ3v) is 2.95. The maximum Gasteiger partial charge on any atom is 0.0443 e. The lowest BCUT2D eigenvalue weighted by atomic mass is 9.80. The zero-order valence-corrected chi connectivity index (χ0v) is 8.92. The van der Waals surface area contributed by atoms with Crippen LogP contribution in [0.5, 0.6) is 0 Å². The Morgan fingerprint density at radius 3 is 2.31 bits per heavy atom. The van der Waals surface area contributed by atoms with Crippen molar-refractivity contribution in [2.45, 2.75) is 45.6 Å². The van der Waals surface area contributed by atoms with E-state index in [9.17, 15) is 0 Å². The third kappa shape index (κ3) is 4.10. The van der Waals surface area contributed by atoms with Crippen LogP contribution < -0.4 is 5.32 Å². The molecule has 0 aliphatic heterocycles. The molecule has 13 heavy (non-hydrogen) atoms. The van der Waals surface area contributed by atoms with Gasteiger partial charge in [-0.05, 0) is 44.1 Å². The van der Waals surface area contributed by atoms with Crippen molar-refractivity contribution in [2.75, 3.05) is 13.2 Å². The summed E-state index contributed by atoms with van der Waals surface area (Å²) in [5.74, 6) is 1.74. The Hall–Kier alpha value is -0.0800. The van der Waals surface area contributed by atoms with E-state index in [2.05, 4.69) is 19.2 Å². The van der Waals surface area contributed by atoms with Crippen molar-refractivity contribution in [1.29, 1.82) is 0 Å². The van der Waals surface area contributed by atoms with E-state index in [0.717, 1.165) is 24.8 Å². The minimum Gasteiger partial charge on any atom is -0.396 e. The molecule has 0 aromatic rings. The topological polar surface area (TPSA) is 32.3 Å². The first-order valence-corrected chi connectivity index (χ1v) is 5.56. The minimum absolute atomic E-state index is 0.310. The van der Waals surface area contributed by atoms with Crippen molar-refractivity contribution in [1.82, 2.24) is 5.32 Å². The van der Waals surface area contributed by atoms with E-state index in [1.165, 1.54) is 19.3 Å². The Labute approximate surface area is 81.7 Å². The van der Waals surface area contributed by atoms with Crippen molar-refractivity contribution in [3.63, 3.8) is 0 Å². The highest BCUT2D eigenvalue weighted by atomic mass is 16.3. The summed E-state index contributed by atoms with van der Waals surface area (Å²) < 4.78 is 0. The van der Waals surface area contributed by atoms with Crippen molar-refractivity contribution in [3.8, 4) is 0 Å².